The van der Waals surface area contributed by atoms with Gasteiger partial charge in [0.05, 0.1) is 5.54 Å². The van der Waals surface area contributed by atoms with Crippen LogP contribution in [0.5, 0.6) is 0 Å². The fourth-order valence-corrected chi connectivity index (χ4v) is 1.42. The van der Waals surface area contributed by atoms with E-state index in [4.69, 9.17) is 0 Å². The van der Waals surface area contributed by atoms with Crippen LogP contribution >= 0.6 is 0 Å². The van der Waals surface area contributed by atoms with Crippen LogP contribution in [-0.4, -0.2) is 11.8 Å². The molecule has 0 unspecified atom stereocenters. The first-order valence-corrected chi connectivity index (χ1v) is 5.29. The van der Waals surface area contributed by atoms with Crippen molar-refractivity contribution in [2.75, 3.05) is 0 Å². The molecule has 0 amide bonds. The van der Waals surface area contributed by atoms with Crippen LogP contribution in [0.25, 0.3) is 0 Å². The quantitative estimate of drug-likeness (QED) is 0.590. The molecule has 13 heavy (non-hydrogen) atoms. The van der Waals surface area contributed by atoms with Gasteiger partial charge in [-0.05, 0) is 38.5 Å². The molecule has 0 aromatic carbocycles. The molecule has 0 atom stereocenters. The van der Waals surface area contributed by atoms with Crippen LogP contribution in [-0.2, 0) is 0 Å². The molecular weight excluding hydrogens is 158 g/mol. The van der Waals surface area contributed by atoms with Crippen molar-refractivity contribution in [3.63, 3.8) is 0 Å². The second-order valence-corrected chi connectivity index (χ2v) is 5.51. The molecule has 78 valence electrons. The Morgan fingerprint density at radius 2 is 1.31 bits per heavy atom. The Kier molecular flexibility index (Phi) is 4.66. The molecule has 0 aliphatic carbocycles. The van der Waals surface area contributed by atoms with Crippen molar-refractivity contribution in [2.24, 2.45) is 22.7 Å². The Hall–Kier alpha value is -0.330. The number of nitrogens with zero attached hydrogens (tertiary/aromatic N) is 1. The summed E-state index contributed by atoms with van der Waals surface area (Å²) < 4.78 is 0. The van der Waals surface area contributed by atoms with Gasteiger partial charge in [0.25, 0.3) is 0 Å². The van der Waals surface area contributed by atoms with Crippen LogP contribution in [0.2, 0.25) is 0 Å². The predicted octanol–water partition coefficient (Wildman–Crippen LogP) is 3.78. The van der Waals surface area contributed by atoms with E-state index in [1.165, 1.54) is 0 Å². The van der Waals surface area contributed by atoms with Crippen LogP contribution in [0.1, 0.15) is 48.5 Å². The Morgan fingerprint density at radius 1 is 0.923 bits per heavy atom. The Morgan fingerprint density at radius 3 is 1.54 bits per heavy atom. The summed E-state index contributed by atoms with van der Waals surface area (Å²) in [6.45, 7) is 15.5. The van der Waals surface area contributed by atoms with Crippen LogP contribution in [0, 0.1) is 17.8 Å². The van der Waals surface area contributed by atoms with Gasteiger partial charge in [0.15, 0.2) is 0 Å². The zero-order valence-corrected chi connectivity index (χ0v) is 10.3. The average molecular weight is 183 g/mol. The van der Waals surface area contributed by atoms with Crippen molar-refractivity contribution in [3.05, 3.63) is 0 Å². The van der Waals surface area contributed by atoms with E-state index in [2.05, 4.69) is 59.7 Å². The zero-order valence-electron chi connectivity index (χ0n) is 10.3. The topological polar surface area (TPSA) is 12.4 Å². The summed E-state index contributed by atoms with van der Waals surface area (Å²) in [5.41, 5.74) is 0.0715. The molecule has 0 aromatic rings. The van der Waals surface area contributed by atoms with Crippen molar-refractivity contribution in [2.45, 2.75) is 54.0 Å². The highest BCUT2D eigenvalue weighted by atomic mass is 14.8. The monoisotopic (exact) mass is 183 g/mol. The molecule has 0 aliphatic rings. The third-order valence-corrected chi connectivity index (χ3v) is 2.17. The normalized spacial score (nSPS) is 14.0. The molecule has 1 nitrogen and oxygen atoms in total. The van der Waals surface area contributed by atoms with Crippen molar-refractivity contribution < 1.29 is 0 Å². The highest BCUT2D eigenvalue weighted by Gasteiger charge is 2.16. The molecule has 0 heterocycles. The van der Waals surface area contributed by atoms with E-state index in [0.717, 1.165) is 0 Å². The second kappa shape index (κ2) is 4.78. The van der Waals surface area contributed by atoms with Crippen LogP contribution in [0.3, 0.4) is 0 Å². The molecule has 0 aromatic heterocycles. The molecule has 0 spiro atoms. The summed E-state index contributed by atoms with van der Waals surface area (Å²) in [6, 6.07) is 0. The largest absolute Gasteiger partial charge is 0.291 e. The summed E-state index contributed by atoms with van der Waals surface area (Å²) in [7, 11) is 0. The maximum Gasteiger partial charge on any atom is 0.0520 e. The van der Waals surface area contributed by atoms with Gasteiger partial charge in [-0.25, -0.2) is 0 Å². The standard InChI is InChI=1S/C12H25N/c1-9(2)11(10(3)4)8-13-12(5,6)7/h8-11H,1-7H3. The number of hydrogen-bond donors (Lipinski definition) is 0. The molecule has 0 saturated heterocycles. The van der Waals surface area contributed by atoms with Gasteiger partial charge in [0.2, 0.25) is 0 Å². The van der Waals surface area contributed by atoms with Gasteiger partial charge in [0, 0.05) is 6.21 Å². The first-order valence-electron chi connectivity index (χ1n) is 5.29. The van der Waals surface area contributed by atoms with E-state index in [0.29, 0.717) is 17.8 Å². The van der Waals surface area contributed by atoms with Gasteiger partial charge < -0.3 is 0 Å². The first-order chi connectivity index (χ1) is 5.74. The summed E-state index contributed by atoms with van der Waals surface area (Å²) >= 11 is 0. The average Bonchev–Trinajstić information content (AvgIpc) is 1.82. The summed E-state index contributed by atoms with van der Waals surface area (Å²) in [5, 5.41) is 0. The number of rotatable bonds is 3. The summed E-state index contributed by atoms with van der Waals surface area (Å²) in [6.07, 6.45) is 2.15. The van der Waals surface area contributed by atoms with Gasteiger partial charge in [-0.1, -0.05) is 27.7 Å². The van der Waals surface area contributed by atoms with Gasteiger partial charge in [-0.3, -0.25) is 4.99 Å². The van der Waals surface area contributed by atoms with Gasteiger partial charge in [-0.15, -0.1) is 0 Å². The number of hydrogen-bond acceptors (Lipinski definition) is 1. The minimum absolute atomic E-state index is 0.0715. The van der Waals surface area contributed by atoms with Crippen molar-refractivity contribution in [3.8, 4) is 0 Å². The SMILES string of the molecule is CC(C)C(C=NC(C)(C)C)C(C)C. The van der Waals surface area contributed by atoms with E-state index in [-0.39, 0.29) is 5.54 Å². The van der Waals surface area contributed by atoms with Crippen LogP contribution in [0.15, 0.2) is 4.99 Å². The van der Waals surface area contributed by atoms with Gasteiger partial charge in [0.1, 0.15) is 0 Å². The molecule has 0 rings (SSSR count). The summed E-state index contributed by atoms with van der Waals surface area (Å²) in [4.78, 5) is 4.57. The van der Waals surface area contributed by atoms with Gasteiger partial charge >= 0.3 is 0 Å². The van der Waals surface area contributed by atoms with Crippen molar-refractivity contribution in [1.29, 1.82) is 0 Å². The molecule has 0 aliphatic heterocycles. The lowest BCUT2D eigenvalue weighted by atomic mass is 9.86. The van der Waals surface area contributed by atoms with Crippen LogP contribution in [0.4, 0.5) is 0 Å². The van der Waals surface area contributed by atoms with E-state index in [1.54, 1.807) is 0 Å². The van der Waals surface area contributed by atoms with E-state index < -0.39 is 0 Å². The Balaban J connectivity index is 4.35. The fraction of sp³-hybridized carbons (Fsp3) is 0.917. The lowest BCUT2D eigenvalue weighted by molar-refractivity contribution is 0.384. The van der Waals surface area contributed by atoms with Gasteiger partial charge in [-0.2, -0.15) is 0 Å². The lowest BCUT2D eigenvalue weighted by Crippen LogP contribution is -2.20. The Labute approximate surface area is 83.6 Å². The highest BCUT2D eigenvalue weighted by Crippen LogP contribution is 2.19. The molecule has 1 heteroatoms. The molecule has 0 radical (unpaired) electrons. The summed E-state index contributed by atoms with van der Waals surface area (Å²) in [5.74, 6) is 1.98. The second-order valence-electron chi connectivity index (χ2n) is 5.51. The maximum absolute atomic E-state index is 4.57. The smallest absolute Gasteiger partial charge is 0.0520 e. The first kappa shape index (κ1) is 12.7. The zero-order chi connectivity index (χ0) is 10.6. The van der Waals surface area contributed by atoms with Crippen molar-refractivity contribution >= 4 is 6.21 Å². The minimum Gasteiger partial charge on any atom is -0.291 e. The van der Waals surface area contributed by atoms with E-state index >= 15 is 0 Å². The van der Waals surface area contributed by atoms with E-state index in [9.17, 15) is 0 Å². The van der Waals surface area contributed by atoms with Crippen LogP contribution < -0.4 is 0 Å². The third kappa shape index (κ3) is 5.84. The fourth-order valence-electron chi connectivity index (χ4n) is 1.42. The highest BCUT2D eigenvalue weighted by molar-refractivity contribution is 5.62. The van der Waals surface area contributed by atoms with E-state index in [1.807, 2.05) is 0 Å². The lowest BCUT2D eigenvalue weighted by Gasteiger charge is -2.22. The molecule has 0 bridgehead atoms. The Bertz CT molecular complexity index is 152. The maximum atomic E-state index is 4.57. The molecule has 0 N–H and O–H groups in total. The molecule has 0 saturated carbocycles. The van der Waals surface area contributed by atoms with Crippen molar-refractivity contribution in [1.82, 2.24) is 0 Å². The molecule has 0 fully saturated rings. The third-order valence-electron chi connectivity index (χ3n) is 2.17. The predicted molar refractivity (Wildman–Crippen MR) is 61.4 cm³/mol. The minimum atomic E-state index is 0.0715. The molecular formula is C12H25N. The number of aliphatic imine (C=N–C) groups is 1.